The second-order valence-electron chi connectivity index (χ2n) is 9.43. The molecule has 2 N–H and O–H groups in total. The largest absolute Gasteiger partial charge is 0.336 e. The number of hydrogen-bond donors (Lipinski definition) is 2. The fourth-order valence-corrected chi connectivity index (χ4v) is 8.20. The number of fused-ring (bicyclic) bond motifs is 2. The normalized spacial score (nSPS) is 14.3. The number of benzene rings is 2. The molecule has 15 heteroatoms. The van der Waals surface area contributed by atoms with Crippen molar-refractivity contribution in [2.75, 3.05) is 29.5 Å². The van der Waals surface area contributed by atoms with E-state index in [1.807, 2.05) is 30.3 Å². The Bertz CT molecular complexity index is 1790. The molecule has 3 aromatic rings. The van der Waals surface area contributed by atoms with E-state index in [4.69, 9.17) is 15.4 Å². The fourth-order valence-electron chi connectivity index (χ4n) is 4.40. The van der Waals surface area contributed by atoms with Gasteiger partial charge in [0.1, 0.15) is 4.70 Å². The molecule has 222 valence electrons. The van der Waals surface area contributed by atoms with Crippen LogP contribution in [-0.2, 0) is 31.1 Å². The molecule has 0 spiro atoms. The van der Waals surface area contributed by atoms with E-state index < -0.39 is 20.2 Å². The van der Waals surface area contributed by atoms with Gasteiger partial charge in [-0.1, -0.05) is 42.2 Å². The summed E-state index contributed by atoms with van der Waals surface area (Å²) in [6.07, 6.45) is 3.75. The monoisotopic (exact) mass is 648 g/mol. The number of hydrogen-bond acceptors (Lipinski definition) is 10. The standard InChI is InChI=1S/C27H29N5O6S4/c1-3-30-38-42(36,37)15-7-5-13-32-23-17-21(29-2)9-11-25(23)40-27(32)18-26-31(12-4-6-14-41(33,34)35)22-16-20(19-28)8-10-24(22)39-26/h8-11,16-18,30H,3-7,12-15H2,1H3/p+1. The maximum atomic E-state index is 12.1. The molecule has 0 atom stereocenters. The molecule has 1 aliphatic rings. The Hall–Kier alpha value is -3.02. The zero-order chi connectivity index (χ0) is 30.3. The topological polar surface area (TPSA) is 145 Å². The predicted molar refractivity (Wildman–Crippen MR) is 164 cm³/mol. The van der Waals surface area contributed by atoms with Gasteiger partial charge in [0.2, 0.25) is 5.52 Å². The van der Waals surface area contributed by atoms with Crippen LogP contribution in [0.2, 0.25) is 0 Å². The van der Waals surface area contributed by atoms with E-state index in [-0.39, 0.29) is 17.9 Å². The van der Waals surface area contributed by atoms with E-state index in [9.17, 15) is 22.1 Å². The lowest BCUT2D eigenvalue weighted by atomic mass is 10.2. The number of aryl methyl sites for hydroxylation is 1. The highest BCUT2D eigenvalue weighted by Crippen LogP contribution is 2.48. The minimum absolute atomic E-state index is 0.129. The summed E-state index contributed by atoms with van der Waals surface area (Å²) in [6, 6.07) is 13.1. The van der Waals surface area contributed by atoms with Gasteiger partial charge in [-0.15, -0.1) is 0 Å². The lowest BCUT2D eigenvalue weighted by molar-refractivity contribution is -0.669. The Morgan fingerprint density at radius 3 is 2.64 bits per heavy atom. The van der Waals surface area contributed by atoms with Crippen LogP contribution in [0.5, 0.6) is 0 Å². The number of nitrogens with one attached hydrogen (secondary N) is 1. The zero-order valence-electron chi connectivity index (χ0n) is 22.8. The summed E-state index contributed by atoms with van der Waals surface area (Å²) in [7, 11) is -7.74. The average molecular weight is 649 g/mol. The van der Waals surface area contributed by atoms with Gasteiger partial charge in [-0.3, -0.25) is 4.55 Å². The maximum absolute atomic E-state index is 12.1. The molecule has 4 rings (SSSR count). The maximum Gasteiger partial charge on any atom is 0.283 e. The van der Waals surface area contributed by atoms with E-state index in [2.05, 4.69) is 25.9 Å². The van der Waals surface area contributed by atoms with Crippen molar-refractivity contribution in [3.63, 3.8) is 0 Å². The highest BCUT2D eigenvalue weighted by molar-refractivity contribution is 8.04. The molecule has 0 radical (unpaired) electrons. The van der Waals surface area contributed by atoms with Crippen molar-refractivity contribution in [1.29, 1.82) is 5.26 Å². The van der Waals surface area contributed by atoms with Crippen molar-refractivity contribution in [3.05, 3.63) is 63.4 Å². The van der Waals surface area contributed by atoms with Gasteiger partial charge >= 0.3 is 0 Å². The quantitative estimate of drug-likeness (QED) is 0.0819. The van der Waals surface area contributed by atoms with Gasteiger partial charge < -0.3 is 4.90 Å². The summed E-state index contributed by atoms with van der Waals surface area (Å²) >= 11 is 3.09. The molecule has 0 aliphatic carbocycles. The Morgan fingerprint density at radius 2 is 1.93 bits per heavy atom. The first kappa shape index (κ1) is 31.9. The third-order valence-electron chi connectivity index (χ3n) is 6.34. The van der Waals surface area contributed by atoms with E-state index in [1.54, 1.807) is 30.8 Å². The summed E-state index contributed by atoms with van der Waals surface area (Å²) in [5.41, 5.74) is 5.12. The molecule has 0 bridgehead atoms. The van der Waals surface area contributed by atoms with E-state index in [0.717, 1.165) is 30.8 Å². The molecule has 0 unspecified atom stereocenters. The Labute approximate surface area is 254 Å². The van der Waals surface area contributed by atoms with Crippen LogP contribution in [0.4, 0.5) is 11.4 Å². The third kappa shape index (κ3) is 8.29. The number of hydroxylamine groups is 1. The first-order chi connectivity index (χ1) is 20.0. The molecule has 0 saturated carbocycles. The Morgan fingerprint density at radius 1 is 1.14 bits per heavy atom. The van der Waals surface area contributed by atoms with Gasteiger partial charge in [-0.25, -0.2) is 4.85 Å². The van der Waals surface area contributed by atoms with Gasteiger partial charge in [0.25, 0.3) is 25.2 Å². The lowest BCUT2D eigenvalue weighted by Crippen LogP contribution is -2.35. The number of nitriles is 1. The first-order valence-electron chi connectivity index (χ1n) is 13.2. The molecule has 0 fully saturated rings. The number of thiazole rings is 1. The molecule has 0 amide bonds. The first-order valence-corrected chi connectivity index (χ1v) is 18.0. The van der Waals surface area contributed by atoms with E-state index in [1.165, 1.54) is 11.3 Å². The molecule has 1 aromatic heterocycles. The number of thioether (sulfide) groups is 1. The second kappa shape index (κ2) is 14.0. The van der Waals surface area contributed by atoms with Gasteiger partial charge in [-0.2, -0.15) is 36.4 Å². The molecule has 2 aromatic carbocycles. The number of rotatable bonds is 14. The van der Waals surface area contributed by atoms with Crippen LogP contribution in [0.3, 0.4) is 0 Å². The van der Waals surface area contributed by atoms with E-state index >= 15 is 0 Å². The number of unbranched alkanes of at least 4 members (excludes halogenated alkanes) is 2. The van der Waals surface area contributed by atoms with Crippen molar-refractivity contribution in [3.8, 4) is 6.07 Å². The summed E-state index contributed by atoms with van der Waals surface area (Å²) in [5, 5.41) is 11.2. The van der Waals surface area contributed by atoms with Crippen LogP contribution in [0.1, 0.15) is 43.2 Å². The fraction of sp³-hybridized carbons (Fsp3) is 0.370. The van der Waals surface area contributed by atoms with Gasteiger partial charge in [0.15, 0.2) is 12.2 Å². The third-order valence-corrected chi connectivity index (χ3v) is 10.5. The summed E-state index contributed by atoms with van der Waals surface area (Å²) < 4.78 is 63.5. The highest BCUT2D eigenvalue weighted by Gasteiger charge is 2.28. The smallest absolute Gasteiger partial charge is 0.283 e. The van der Waals surface area contributed by atoms with Crippen molar-refractivity contribution < 1.29 is 30.2 Å². The predicted octanol–water partition coefficient (Wildman–Crippen LogP) is 4.84. The summed E-state index contributed by atoms with van der Waals surface area (Å²) in [5.74, 6) is -0.455. The van der Waals surface area contributed by atoms with Crippen LogP contribution in [0.15, 0.2) is 46.3 Å². The molecule has 0 saturated heterocycles. The van der Waals surface area contributed by atoms with Gasteiger partial charge in [-0.05, 0) is 37.5 Å². The lowest BCUT2D eigenvalue weighted by Gasteiger charge is -2.20. The van der Waals surface area contributed by atoms with Crippen molar-refractivity contribution in [2.24, 2.45) is 0 Å². The highest BCUT2D eigenvalue weighted by atomic mass is 32.2. The number of anilines is 1. The Balaban J connectivity index is 1.65. The van der Waals surface area contributed by atoms with Crippen LogP contribution < -0.4 is 14.9 Å². The van der Waals surface area contributed by atoms with Crippen LogP contribution >= 0.6 is 23.1 Å². The van der Waals surface area contributed by atoms with E-state index in [0.29, 0.717) is 50.1 Å². The average Bonchev–Trinajstić information content (AvgIpc) is 3.47. The minimum atomic E-state index is -4.06. The molecule has 2 heterocycles. The van der Waals surface area contributed by atoms with Gasteiger partial charge in [0.05, 0.1) is 40.8 Å². The number of aromatic nitrogens is 1. The van der Waals surface area contributed by atoms with Crippen LogP contribution in [-0.4, -0.2) is 46.0 Å². The SMILES string of the molecule is [C-]#[N+]c1ccc2c(c1)N(CCCCS(=O)(=O)ONCC)C(=Cc1sc3ccc(C#N)cc3[n+]1CCCCS(=O)(=O)O)S2. The minimum Gasteiger partial charge on any atom is -0.336 e. The van der Waals surface area contributed by atoms with Crippen molar-refractivity contribution in [1.82, 2.24) is 5.48 Å². The summed E-state index contributed by atoms with van der Waals surface area (Å²) in [4.78, 5) is 6.63. The number of nitrogens with zero attached hydrogens (tertiary/aromatic N) is 4. The zero-order valence-corrected chi connectivity index (χ0v) is 26.1. The van der Waals surface area contributed by atoms with Crippen LogP contribution in [0, 0.1) is 17.9 Å². The molecule has 11 nitrogen and oxygen atoms in total. The van der Waals surface area contributed by atoms with Crippen molar-refractivity contribution >= 4 is 71.0 Å². The van der Waals surface area contributed by atoms with Crippen LogP contribution in [0.25, 0.3) is 21.1 Å². The molecular formula is C27H30N5O6S4+. The van der Waals surface area contributed by atoms with Crippen molar-refractivity contribution in [2.45, 2.75) is 44.0 Å². The Kier molecular flexibility index (Phi) is 10.6. The molecular weight excluding hydrogens is 619 g/mol. The second-order valence-corrected chi connectivity index (χ2v) is 14.8. The summed E-state index contributed by atoms with van der Waals surface area (Å²) in [6.45, 7) is 10.6. The van der Waals surface area contributed by atoms with Gasteiger partial charge in [0, 0.05) is 36.2 Å². The molecule has 1 aliphatic heterocycles. The molecule has 42 heavy (non-hydrogen) atoms.